The third kappa shape index (κ3) is 6.10. The molecule has 50 heavy (non-hydrogen) atoms. The summed E-state index contributed by atoms with van der Waals surface area (Å²) in [5.41, 5.74) is 5.53. The lowest BCUT2D eigenvalue weighted by Crippen LogP contribution is -2.39. The number of halogens is 1. The van der Waals surface area contributed by atoms with Gasteiger partial charge in [0.15, 0.2) is 16.4 Å². The number of tetrazole rings is 1. The molecule has 0 saturated carbocycles. The maximum Gasteiger partial charge on any atom is 0.355 e. The Morgan fingerprint density at radius 2 is 1.32 bits per heavy atom. The first-order valence-corrected chi connectivity index (χ1v) is 17.0. The largest absolute Gasteiger partial charge is 0.476 e. The predicted molar refractivity (Wildman–Crippen MR) is 195 cm³/mol. The van der Waals surface area contributed by atoms with Crippen molar-refractivity contribution in [3.05, 3.63) is 178 Å². The molecule has 2 aromatic heterocycles. The Morgan fingerprint density at radius 3 is 1.86 bits per heavy atom. The van der Waals surface area contributed by atoms with Crippen LogP contribution in [-0.4, -0.2) is 40.8 Å². The van der Waals surface area contributed by atoms with E-state index in [2.05, 4.69) is 48.3 Å². The highest BCUT2D eigenvalue weighted by Crippen LogP contribution is 2.40. The molecule has 9 heteroatoms. The maximum absolute atomic E-state index is 12.3. The normalized spacial score (nSPS) is 11.5. The minimum Gasteiger partial charge on any atom is -0.476 e. The molecule has 0 amide bonds. The molecule has 0 spiro atoms. The van der Waals surface area contributed by atoms with Gasteiger partial charge in [-0.3, -0.25) is 0 Å². The van der Waals surface area contributed by atoms with Gasteiger partial charge in [-0.1, -0.05) is 158 Å². The summed E-state index contributed by atoms with van der Waals surface area (Å²) >= 11 is 6.38. The lowest BCUT2D eigenvalue weighted by Gasteiger charge is -2.34. The number of carbonyl (C=O) groups is 1. The van der Waals surface area contributed by atoms with Gasteiger partial charge in [0.1, 0.15) is 5.82 Å². The number of unbranched alkanes of at least 4 members (excludes halogenated alkanes) is 1. The van der Waals surface area contributed by atoms with Crippen molar-refractivity contribution in [1.29, 1.82) is 0 Å². The van der Waals surface area contributed by atoms with Crippen LogP contribution >= 0.6 is 11.6 Å². The van der Waals surface area contributed by atoms with Gasteiger partial charge in [-0.2, -0.15) is 0 Å². The van der Waals surface area contributed by atoms with Crippen LogP contribution in [0, 0.1) is 0 Å². The molecule has 7 aromatic rings. The average Bonchev–Trinajstić information content (AvgIpc) is 3.77. The Bertz CT molecular complexity index is 2120. The molecular formula is C41H35ClN6O2. The second-order valence-corrected chi connectivity index (χ2v) is 12.5. The zero-order valence-electron chi connectivity index (χ0n) is 27.5. The van der Waals surface area contributed by atoms with Gasteiger partial charge < -0.3 is 9.67 Å². The van der Waals surface area contributed by atoms with Crippen molar-refractivity contribution < 1.29 is 9.90 Å². The molecule has 0 aliphatic carbocycles. The summed E-state index contributed by atoms with van der Waals surface area (Å²) in [5, 5.41) is 24.8. The van der Waals surface area contributed by atoms with Gasteiger partial charge in [-0.25, -0.2) is 9.78 Å². The third-order valence-corrected chi connectivity index (χ3v) is 9.26. The molecule has 248 valence electrons. The van der Waals surface area contributed by atoms with Crippen molar-refractivity contribution in [2.45, 2.75) is 38.3 Å². The fraction of sp³-hybridized carbons (Fsp3) is 0.146. The smallest absolute Gasteiger partial charge is 0.355 e. The number of aromatic carboxylic acids is 1. The number of carboxylic acids is 1. The van der Waals surface area contributed by atoms with Gasteiger partial charge in [0.05, 0.1) is 0 Å². The van der Waals surface area contributed by atoms with Crippen LogP contribution in [0.1, 0.15) is 58.3 Å². The first kappa shape index (κ1) is 32.7. The van der Waals surface area contributed by atoms with Gasteiger partial charge in [0, 0.05) is 18.5 Å². The lowest BCUT2D eigenvalue weighted by molar-refractivity contribution is 0.0685. The first-order chi connectivity index (χ1) is 24.5. The van der Waals surface area contributed by atoms with Gasteiger partial charge in [-0.15, -0.1) is 15.0 Å². The molecule has 0 atom stereocenters. The minimum atomic E-state index is -1.12. The average molecular weight is 679 g/mol. The highest BCUT2D eigenvalue weighted by molar-refractivity contribution is 6.32. The molecule has 0 saturated heterocycles. The van der Waals surface area contributed by atoms with Crippen LogP contribution in [0.15, 0.2) is 140 Å². The topological polar surface area (TPSA) is 98.7 Å². The number of hydrogen-bond donors (Lipinski definition) is 1. The van der Waals surface area contributed by atoms with E-state index in [4.69, 9.17) is 27.0 Å². The molecule has 0 unspecified atom stereocenters. The second kappa shape index (κ2) is 14.3. The minimum absolute atomic E-state index is 0.00609. The standard InChI is InChI=1S/C41H35ClN6O2/c1-2-3-24-36-43-38(42)37(40(49)50)47(36)28-29-25-26-34(30-16-8-4-9-17-30)35(27-29)39-44-46-48(45-39)41(31-18-10-5-11-19-31,32-20-12-6-13-21-32)33-22-14-7-15-23-33/h4-23,25-27H,2-3,24,28H2,1H3,(H,49,50). The Balaban J connectivity index is 1.42. The monoisotopic (exact) mass is 678 g/mol. The van der Waals surface area contributed by atoms with Gasteiger partial charge in [0.2, 0.25) is 5.82 Å². The summed E-state index contributed by atoms with van der Waals surface area (Å²) in [7, 11) is 0. The fourth-order valence-corrected chi connectivity index (χ4v) is 6.92. The van der Waals surface area contributed by atoms with E-state index in [0.717, 1.165) is 51.8 Å². The fourth-order valence-electron chi connectivity index (χ4n) is 6.64. The van der Waals surface area contributed by atoms with Crippen molar-refractivity contribution in [1.82, 2.24) is 29.8 Å². The molecule has 0 fully saturated rings. The Morgan fingerprint density at radius 1 is 0.760 bits per heavy atom. The van der Waals surface area contributed by atoms with Crippen LogP contribution < -0.4 is 0 Å². The third-order valence-electron chi connectivity index (χ3n) is 9.00. The van der Waals surface area contributed by atoms with Crippen LogP contribution in [0.4, 0.5) is 0 Å². The summed E-state index contributed by atoms with van der Waals surface area (Å²) in [6.07, 6.45) is 2.43. The number of benzene rings is 5. The quantitative estimate of drug-likeness (QED) is 0.130. The van der Waals surface area contributed by atoms with Crippen molar-refractivity contribution in [2.24, 2.45) is 0 Å². The van der Waals surface area contributed by atoms with E-state index in [9.17, 15) is 9.90 Å². The summed E-state index contributed by atoms with van der Waals surface area (Å²) in [6.45, 7) is 2.35. The van der Waals surface area contributed by atoms with E-state index in [-0.39, 0.29) is 17.4 Å². The number of carboxylic acid groups (broad SMARTS) is 1. The van der Waals surface area contributed by atoms with E-state index in [1.54, 1.807) is 9.36 Å². The molecule has 0 aliphatic rings. The highest BCUT2D eigenvalue weighted by atomic mass is 35.5. The second-order valence-electron chi connectivity index (χ2n) is 12.1. The van der Waals surface area contributed by atoms with Crippen molar-refractivity contribution >= 4 is 17.6 Å². The summed E-state index contributed by atoms with van der Waals surface area (Å²) < 4.78 is 1.71. The Labute approximate surface area is 295 Å². The molecule has 2 heterocycles. The first-order valence-electron chi connectivity index (χ1n) is 16.6. The van der Waals surface area contributed by atoms with E-state index in [0.29, 0.717) is 18.1 Å². The predicted octanol–water partition coefficient (Wildman–Crippen LogP) is 8.79. The number of aromatic nitrogens is 6. The van der Waals surface area contributed by atoms with Gasteiger partial charge >= 0.3 is 5.97 Å². The molecular weight excluding hydrogens is 644 g/mol. The molecule has 8 nitrogen and oxygen atoms in total. The Hall–Kier alpha value is -5.86. The summed E-state index contributed by atoms with van der Waals surface area (Å²) in [6, 6.07) is 46.8. The number of rotatable bonds is 12. The van der Waals surface area contributed by atoms with Crippen molar-refractivity contribution in [2.75, 3.05) is 0 Å². The van der Waals surface area contributed by atoms with Crippen LogP contribution in [0.25, 0.3) is 22.5 Å². The summed E-state index contributed by atoms with van der Waals surface area (Å²) in [4.78, 5) is 18.5. The maximum atomic E-state index is 12.3. The van der Waals surface area contributed by atoms with Crippen LogP contribution in [-0.2, 0) is 18.5 Å². The molecule has 5 aromatic carbocycles. The highest BCUT2D eigenvalue weighted by Gasteiger charge is 2.41. The van der Waals surface area contributed by atoms with E-state index in [1.807, 2.05) is 103 Å². The Kier molecular flexibility index (Phi) is 9.36. The zero-order valence-corrected chi connectivity index (χ0v) is 28.3. The zero-order chi connectivity index (χ0) is 34.5. The number of imidazole rings is 1. The molecule has 1 N–H and O–H groups in total. The van der Waals surface area contributed by atoms with Gasteiger partial charge in [-0.05, 0) is 51.1 Å². The number of aryl methyl sites for hydroxylation is 1. The molecule has 0 bridgehead atoms. The summed E-state index contributed by atoms with van der Waals surface area (Å²) in [5.74, 6) is -0.0355. The van der Waals surface area contributed by atoms with Crippen LogP contribution in [0.2, 0.25) is 5.15 Å². The number of hydrogen-bond acceptors (Lipinski definition) is 5. The van der Waals surface area contributed by atoms with E-state index in [1.165, 1.54) is 0 Å². The molecule has 7 rings (SSSR count). The van der Waals surface area contributed by atoms with Crippen molar-refractivity contribution in [3.63, 3.8) is 0 Å². The number of nitrogens with zero attached hydrogens (tertiary/aromatic N) is 6. The van der Waals surface area contributed by atoms with Crippen LogP contribution in [0.3, 0.4) is 0 Å². The van der Waals surface area contributed by atoms with Crippen LogP contribution in [0.5, 0.6) is 0 Å². The van der Waals surface area contributed by atoms with E-state index < -0.39 is 11.5 Å². The molecule has 0 aliphatic heterocycles. The SMILES string of the molecule is CCCCc1nc(Cl)c(C(=O)O)n1Cc1ccc(-c2ccccc2)c(-c2nnn(C(c3ccccc3)(c3ccccc3)c3ccccc3)n2)c1. The van der Waals surface area contributed by atoms with Crippen molar-refractivity contribution in [3.8, 4) is 22.5 Å². The van der Waals surface area contributed by atoms with Gasteiger partial charge in [0.25, 0.3) is 0 Å². The molecule has 0 radical (unpaired) electrons. The van der Waals surface area contributed by atoms with E-state index >= 15 is 0 Å². The lowest BCUT2D eigenvalue weighted by atomic mass is 9.77.